The second-order valence-corrected chi connectivity index (χ2v) is 11.3. The number of thioether (sulfide) groups is 1. The molecule has 4 aromatic rings. The van der Waals surface area contributed by atoms with Gasteiger partial charge in [0, 0.05) is 10.4 Å². The maximum Gasteiger partial charge on any atom is 0.316 e. The van der Waals surface area contributed by atoms with Crippen LogP contribution in [-0.2, 0) is 9.53 Å². The minimum atomic E-state index is -0.254. The van der Waals surface area contributed by atoms with Gasteiger partial charge in [-0.05, 0) is 56.2 Å². The summed E-state index contributed by atoms with van der Waals surface area (Å²) in [6.45, 7) is 4.27. The van der Waals surface area contributed by atoms with Gasteiger partial charge in [0.1, 0.15) is 10.9 Å². The van der Waals surface area contributed by atoms with E-state index in [4.69, 9.17) is 9.72 Å². The molecule has 1 aliphatic rings. The number of thiophene rings is 1. The highest BCUT2D eigenvalue weighted by Crippen LogP contribution is 2.37. The van der Waals surface area contributed by atoms with Gasteiger partial charge in [-0.2, -0.15) is 0 Å². The molecule has 35 heavy (non-hydrogen) atoms. The van der Waals surface area contributed by atoms with E-state index in [2.05, 4.69) is 6.92 Å². The van der Waals surface area contributed by atoms with E-state index in [0.717, 1.165) is 47.4 Å². The smallest absolute Gasteiger partial charge is 0.316 e. The molecule has 0 saturated heterocycles. The summed E-state index contributed by atoms with van der Waals surface area (Å²) in [7, 11) is 0. The number of para-hydroxylation sites is 1. The van der Waals surface area contributed by atoms with Crippen LogP contribution in [0, 0.1) is 12.8 Å². The van der Waals surface area contributed by atoms with Gasteiger partial charge in [-0.3, -0.25) is 14.2 Å². The van der Waals surface area contributed by atoms with E-state index in [0.29, 0.717) is 21.3 Å². The van der Waals surface area contributed by atoms with Gasteiger partial charge in [-0.1, -0.05) is 67.2 Å². The molecule has 2 heterocycles. The van der Waals surface area contributed by atoms with Crippen LogP contribution < -0.4 is 5.56 Å². The van der Waals surface area contributed by atoms with E-state index in [9.17, 15) is 9.59 Å². The van der Waals surface area contributed by atoms with Crippen molar-refractivity contribution in [2.45, 2.75) is 50.8 Å². The van der Waals surface area contributed by atoms with E-state index < -0.39 is 0 Å². The Kier molecular flexibility index (Phi) is 7.07. The molecule has 0 aliphatic heterocycles. The largest absolute Gasteiger partial charge is 0.462 e. The fourth-order valence-electron chi connectivity index (χ4n) is 4.69. The third kappa shape index (κ3) is 5.07. The molecule has 0 N–H and O–H groups in total. The summed E-state index contributed by atoms with van der Waals surface area (Å²) in [4.78, 5) is 33.2. The number of ether oxygens (including phenoxy) is 1. The van der Waals surface area contributed by atoms with Crippen molar-refractivity contribution in [3.63, 3.8) is 0 Å². The first-order valence-corrected chi connectivity index (χ1v) is 13.8. The number of benzene rings is 2. The Balaban J connectivity index is 1.51. The highest BCUT2D eigenvalue weighted by Gasteiger charge is 2.24. The van der Waals surface area contributed by atoms with Crippen LogP contribution >= 0.6 is 23.1 Å². The van der Waals surface area contributed by atoms with E-state index in [1.54, 1.807) is 4.57 Å². The van der Waals surface area contributed by atoms with Crippen LogP contribution in [0.3, 0.4) is 0 Å². The van der Waals surface area contributed by atoms with Gasteiger partial charge in [0.15, 0.2) is 5.16 Å². The van der Waals surface area contributed by atoms with Crippen LogP contribution in [0.4, 0.5) is 0 Å². The van der Waals surface area contributed by atoms with Crippen LogP contribution in [0.15, 0.2) is 70.6 Å². The molecule has 2 aromatic heterocycles. The lowest BCUT2D eigenvalue weighted by Gasteiger charge is -2.25. The number of fused-ring (bicyclic) bond motifs is 1. The molecule has 0 atom stereocenters. The van der Waals surface area contributed by atoms with Crippen molar-refractivity contribution in [3.8, 4) is 16.8 Å². The van der Waals surface area contributed by atoms with Crippen LogP contribution in [0.25, 0.3) is 27.0 Å². The topological polar surface area (TPSA) is 61.2 Å². The summed E-state index contributed by atoms with van der Waals surface area (Å²) >= 11 is 2.78. The van der Waals surface area contributed by atoms with Gasteiger partial charge in [0.05, 0.1) is 16.8 Å². The lowest BCUT2D eigenvalue weighted by atomic mass is 9.89. The molecule has 0 unspecified atom stereocenters. The van der Waals surface area contributed by atoms with E-state index in [-0.39, 0.29) is 23.4 Å². The second-order valence-electron chi connectivity index (χ2n) is 9.11. The number of carbonyl (C=O) groups excluding carboxylic acids is 1. The predicted octanol–water partition coefficient (Wildman–Crippen LogP) is 6.64. The zero-order valence-corrected chi connectivity index (χ0v) is 21.5. The Labute approximate surface area is 213 Å². The molecule has 0 spiro atoms. The molecule has 1 aliphatic carbocycles. The van der Waals surface area contributed by atoms with Gasteiger partial charge in [0.2, 0.25) is 0 Å². The zero-order valence-electron chi connectivity index (χ0n) is 19.9. The first-order chi connectivity index (χ1) is 17.0. The Hall–Kier alpha value is -2.90. The number of aromatic nitrogens is 2. The zero-order chi connectivity index (χ0) is 24.4. The first-order valence-electron chi connectivity index (χ1n) is 12.0. The molecular weight excluding hydrogens is 476 g/mol. The molecule has 180 valence electrons. The normalized spacial score (nSPS) is 18.0. The highest BCUT2D eigenvalue weighted by molar-refractivity contribution is 7.99. The SMILES string of the molecule is Cc1sc2nc(SCC(=O)OC3CCC(C)CC3)n(-c3ccccc3)c(=O)c2c1-c1ccccc1. The molecule has 1 saturated carbocycles. The molecule has 2 aromatic carbocycles. The van der Waals surface area contributed by atoms with Crippen molar-refractivity contribution >= 4 is 39.3 Å². The maximum absolute atomic E-state index is 13.9. The minimum absolute atomic E-state index is 0.000526. The first kappa shape index (κ1) is 23.8. The summed E-state index contributed by atoms with van der Waals surface area (Å²) in [5.74, 6) is 0.564. The van der Waals surface area contributed by atoms with Gasteiger partial charge in [-0.25, -0.2) is 4.98 Å². The monoisotopic (exact) mass is 504 g/mol. The molecule has 1 fully saturated rings. The number of nitrogens with zero attached hydrogens (tertiary/aromatic N) is 2. The van der Waals surface area contributed by atoms with Crippen molar-refractivity contribution in [1.82, 2.24) is 9.55 Å². The fourth-order valence-corrected chi connectivity index (χ4v) is 6.57. The van der Waals surface area contributed by atoms with Gasteiger partial charge in [-0.15, -0.1) is 11.3 Å². The number of rotatable bonds is 6. The standard InChI is InChI=1S/C28H28N2O3S2/c1-18-13-15-22(16-14-18)33-23(31)17-34-28-29-26-25(27(32)30(28)21-11-7-4-8-12-21)24(19(2)35-26)20-9-5-3-6-10-20/h3-12,18,22H,13-17H2,1-2H3. The summed E-state index contributed by atoms with van der Waals surface area (Å²) < 4.78 is 7.36. The number of carbonyl (C=O) groups is 1. The van der Waals surface area contributed by atoms with Crippen molar-refractivity contribution in [3.05, 3.63) is 75.9 Å². The van der Waals surface area contributed by atoms with Crippen molar-refractivity contribution in [1.29, 1.82) is 0 Å². The maximum atomic E-state index is 13.9. The molecule has 7 heteroatoms. The third-order valence-electron chi connectivity index (χ3n) is 6.53. The van der Waals surface area contributed by atoms with Gasteiger partial charge >= 0.3 is 5.97 Å². The summed E-state index contributed by atoms with van der Waals surface area (Å²) in [5.41, 5.74) is 2.53. The van der Waals surface area contributed by atoms with Crippen LogP contribution in [0.1, 0.15) is 37.5 Å². The lowest BCUT2D eigenvalue weighted by Crippen LogP contribution is -2.25. The molecular formula is C28H28N2O3S2. The third-order valence-corrected chi connectivity index (χ3v) is 8.44. The average molecular weight is 505 g/mol. The molecule has 5 nitrogen and oxygen atoms in total. The van der Waals surface area contributed by atoms with Crippen LogP contribution in [0.2, 0.25) is 0 Å². The van der Waals surface area contributed by atoms with Crippen molar-refractivity contribution < 1.29 is 9.53 Å². The summed E-state index contributed by atoms with van der Waals surface area (Å²) in [5, 5.41) is 1.12. The second kappa shape index (κ2) is 10.4. The lowest BCUT2D eigenvalue weighted by molar-refractivity contribution is -0.147. The van der Waals surface area contributed by atoms with E-state index >= 15 is 0 Å². The fraction of sp³-hybridized carbons (Fsp3) is 0.321. The van der Waals surface area contributed by atoms with Crippen LogP contribution in [-0.4, -0.2) is 27.4 Å². The highest BCUT2D eigenvalue weighted by atomic mass is 32.2. The van der Waals surface area contributed by atoms with Crippen molar-refractivity contribution in [2.24, 2.45) is 5.92 Å². The van der Waals surface area contributed by atoms with Crippen LogP contribution in [0.5, 0.6) is 0 Å². The number of hydrogen-bond donors (Lipinski definition) is 0. The Morgan fingerprint density at radius 3 is 2.40 bits per heavy atom. The number of hydrogen-bond acceptors (Lipinski definition) is 6. The number of esters is 1. The Morgan fingerprint density at radius 1 is 1.06 bits per heavy atom. The van der Waals surface area contributed by atoms with E-state index in [1.165, 1.54) is 23.1 Å². The number of aryl methyl sites for hydroxylation is 1. The Bertz CT molecular complexity index is 1390. The quantitative estimate of drug-likeness (QED) is 0.167. The molecule has 0 radical (unpaired) electrons. The molecule has 0 amide bonds. The van der Waals surface area contributed by atoms with E-state index in [1.807, 2.05) is 67.6 Å². The minimum Gasteiger partial charge on any atom is -0.462 e. The predicted molar refractivity (Wildman–Crippen MR) is 144 cm³/mol. The molecule has 0 bridgehead atoms. The Morgan fingerprint density at radius 2 is 1.71 bits per heavy atom. The average Bonchev–Trinajstić information content (AvgIpc) is 3.21. The van der Waals surface area contributed by atoms with Gasteiger partial charge < -0.3 is 4.74 Å². The molecule has 5 rings (SSSR count). The van der Waals surface area contributed by atoms with Gasteiger partial charge in [0.25, 0.3) is 5.56 Å². The van der Waals surface area contributed by atoms with Crippen molar-refractivity contribution in [2.75, 3.05) is 5.75 Å². The summed E-state index contributed by atoms with van der Waals surface area (Å²) in [6, 6.07) is 19.5. The summed E-state index contributed by atoms with van der Waals surface area (Å²) in [6.07, 6.45) is 4.04.